The molecule has 0 aliphatic carbocycles. The van der Waals surface area contributed by atoms with Gasteiger partial charge in [-0.1, -0.05) is 0 Å². The van der Waals surface area contributed by atoms with Crippen molar-refractivity contribution in [2.24, 2.45) is 0 Å². The van der Waals surface area contributed by atoms with Crippen molar-refractivity contribution in [1.29, 1.82) is 0 Å². The van der Waals surface area contributed by atoms with Gasteiger partial charge in [-0.05, 0) is 25.7 Å². The molecule has 0 aromatic carbocycles. The van der Waals surface area contributed by atoms with Crippen molar-refractivity contribution in [3.8, 4) is 0 Å². The molecule has 0 aromatic rings. The van der Waals surface area contributed by atoms with E-state index >= 15 is 0 Å². The van der Waals surface area contributed by atoms with Gasteiger partial charge >= 0.3 is 6.03 Å². The number of nitrogens with one attached hydrogen (secondary N) is 2. The first-order valence-corrected chi connectivity index (χ1v) is 5.63. The predicted octanol–water partition coefficient (Wildman–Crippen LogP) is 0.295. The molecule has 3 heterocycles. The molecular weight excluding hydrogens is 178 g/mol. The van der Waals surface area contributed by atoms with Crippen LogP contribution in [0.1, 0.15) is 25.7 Å². The molecule has 78 valence electrons. The maximum absolute atomic E-state index is 11.5. The molecule has 2 N–H and O–H groups in total. The van der Waals surface area contributed by atoms with Gasteiger partial charge in [0.25, 0.3) is 0 Å². The molecule has 3 aliphatic rings. The van der Waals surface area contributed by atoms with E-state index in [-0.39, 0.29) is 6.03 Å². The number of carbonyl (C=O) groups excluding carboxylic acids is 1. The zero-order chi connectivity index (χ0) is 9.54. The number of fused-ring (bicyclic) bond motifs is 2. The summed E-state index contributed by atoms with van der Waals surface area (Å²) in [4.78, 5) is 13.5. The van der Waals surface area contributed by atoms with Crippen molar-refractivity contribution in [1.82, 2.24) is 15.5 Å². The highest BCUT2D eigenvalue weighted by Crippen LogP contribution is 2.30. The van der Waals surface area contributed by atoms with Crippen molar-refractivity contribution in [2.75, 3.05) is 13.1 Å². The Kier molecular flexibility index (Phi) is 1.90. The van der Waals surface area contributed by atoms with Crippen LogP contribution in [0.2, 0.25) is 0 Å². The van der Waals surface area contributed by atoms with E-state index in [4.69, 9.17) is 0 Å². The summed E-state index contributed by atoms with van der Waals surface area (Å²) in [7, 11) is 0. The molecule has 0 aromatic heterocycles. The van der Waals surface area contributed by atoms with Crippen LogP contribution in [0.15, 0.2) is 0 Å². The molecule has 0 spiro atoms. The third-order valence-corrected chi connectivity index (χ3v) is 3.78. The average Bonchev–Trinajstić information content (AvgIpc) is 2.73. The molecule has 2 unspecified atom stereocenters. The molecule has 3 saturated heterocycles. The molecule has 0 saturated carbocycles. The lowest BCUT2D eigenvalue weighted by Gasteiger charge is -2.34. The lowest BCUT2D eigenvalue weighted by atomic mass is 9.98. The molecule has 3 aliphatic heterocycles. The Morgan fingerprint density at radius 3 is 2.50 bits per heavy atom. The van der Waals surface area contributed by atoms with Crippen LogP contribution in [0.25, 0.3) is 0 Å². The SMILES string of the molecule is O=C1NCCN1C1CC2CCC(C1)N2. The first kappa shape index (κ1) is 8.53. The second-order valence-electron chi connectivity index (χ2n) is 4.69. The molecule has 0 radical (unpaired) electrons. The maximum Gasteiger partial charge on any atom is 0.317 e. The van der Waals surface area contributed by atoms with E-state index in [9.17, 15) is 4.79 Å². The largest absolute Gasteiger partial charge is 0.336 e. The van der Waals surface area contributed by atoms with Gasteiger partial charge in [0.1, 0.15) is 0 Å². The van der Waals surface area contributed by atoms with E-state index in [0.29, 0.717) is 18.1 Å². The van der Waals surface area contributed by atoms with Crippen molar-refractivity contribution in [2.45, 2.75) is 43.8 Å². The van der Waals surface area contributed by atoms with Crippen LogP contribution < -0.4 is 10.6 Å². The summed E-state index contributed by atoms with van der Waals surface area (Å²) in [5.41, 5.74) is 0. The van der Waals surface area contributed by atoms with E-state index in [2.05, 4.69) is 10.6 Å². The lowest BCUT2D eigenvalue weighted by Crippen LogP contribution is -2.49. The van der Waals surface area contributed by atoms with Gasteiger partial charge in [0.15, 0.2) is 0 Å². The first-order valence-electron chi connectivity index (χ1n) is 5.63. The van der Waals surface area contributed by atoms with Crippen molar-refractivity contribution in [3.63, 3.8) is 0 Å². The quantitative estimate of drug-likeness (QED) is 0.632. The highest BCUT2D eigenvalue weighted by molar-refractivity contribution is 5.76. The van der Waals surface area contributed by atoms with Gasteiger partial charge in [0, 0.05) is 31.2 Å². The third-order valence-electron chi connectivity index (χ3n) is 3.78. The Bertz CT molecular complexity index is 244. The van der Waals surface area contributed by atoms with Crippen LogP contribution in [-0.2, 0) is 0 Å². The number of hydrogen-bond acceptors (Lipinski definition) is 2. The van der Waals surface area contributed by atoms with Crippen LogP contribution in [-0.4, -0.2) is 42.1 Å². The van der Waals surface area contributed by atoms with Crippen molar-refractivity contribution < 1.29 is 4.79 Å². The summed E-state index contributed by atoms with van der Waals surface area (Å²) in [5.74, 6) is 0. The van der Waals surface area contributed by atoms with Crippen molar-refractivity contribution in [3.05, 3.63) is 0 Å². The minimum absolute atomic E-state index is 0.149. The first-order chi connectivity index (χ1) is 6.83. The molecule has 3 fully saturated rings. The Labute approximate surface area is 84.0 Å². The second-order valence-corrected chi connectivity index (χ2v) is 4.69. The molecular formula is C10H17N3O. The number of urea groups is 1. The number of piperidine rings is 1. The monoisotopic (exact) mass is 195 g/mol. The van der Waals surface area contributed by atoms with E-state index in [1.54, 1.807) is 0 Å². The summed E-state index contributed by atoms with van der Waals surface area (Å²) >= 11 is 0. The zero-order valence-corrected chi connectivity index (χ0v) is 8.33. The van der Waals surface area contributed by atoms with Gasteiger partial charge in [-0.25, -0.2) is 4.79 Å². The fraction of sp³-hybridized carbons (Fsp3) is 0.900. The molecule has 4 heteroatoms. The molecule has 4 nitrogen and oxygen atoms in total. The smallest absolute Gasteiger partial charge is 0.317 e. The Morgan fingerprint density at radius 1 is 1.21 bits per heavy atom. The average molecular weight is 195 g/mol. The van der Waals surface area contributed by atoms with Gasteiger partial charge < -0.3 is 15.5 Å². The van der Waals surface area contributed by atoms with Crippen LogP contribution in [0.3, 0.4) is 0 Å². The molecule has 2 bridgehead atoms. The Hall–Kier alpha value is -0.770. The van der Waals surface area contributed by atoms with Crippen molar-refractivity contribution >= 4 is 6.03 Å². The normalized spacial score (nSPS) is 41.6. The van der Waals surface area contributed by atoms with Crippen LogP contribution in [0.4, 0.5) is 4.79 Å². The summed E-state index contributed by atoms with van der Waals surface area (Å²) in [5, 5.41) is 6.48. The summed E-state index contributed by atoms with van der Waals surface area (Å²) in [6, 6.07) is 1.99. The van der Waals surface area contributed by atoms with Crippen LogP contribution in [0.5, 0.6) is 0 Å². The summed E-state index contributed by atoms with van der Waals surface area (Å²) < 4.78 is 0. The zero-order valence-electron chi connectivity index (χ0n) is 8.33. The van der Waals surface area contributed by atoms with Crippen LogP contribution >= 0.6 is 0 Å². The number of hydrogen-bond donors (Lipinski definition) is 2. The fourth-order valence-electron chi connectivity index (χ4n) is 3.12. The second kappa shape index (κ2) is 3.12. The predicted molar refractivity (Wildman–Crippen MR) is 53.1 cm³/mol. The van der Waals surface area contributed by atoms with Crippen LogP contribution in [0, 0.1) is 0 Å². The lowest BCUT2D eigenvalue weighted by molar-refractivity contribution is 0.169. The Morgan fingerprint density at radius 2 is 1.93 bits per heavy atom. The van der Waals surface area contributed by atoms with E-state index in [1.165, 1.54) is 12.8 Å². The highest BCUT2D eigenvalue weighted by Gasteiger charge is 2.38. The topological polar surface area (TPSA) is 44.4 Å². The minimum Gasteiger partial charge on any atom is -0.336 e. The van der Waals surface area contributed by atoms with Gasteiger partial charge in [0.05, 0.1) is 0 Å². The summed E-state index contributed by atoms with van der Waals surface area (Å²) in [6.45, 7) is 1.74. The third kappa shape index (κ3) is 1.29. The van der Waals surface area contributed by atoms with E-state index < -0.39 is 0 Å². The fourth-order valence-corrected chi connectivity index (χ4v) is 3.12. The van der Waals surface area contributed by atoms with Gasteiger partial charge in [0.2, 0.25) is 0 Å². The number of amides is 2. The van der Waals surface area contributed by atoms with Gasteiger partial charge in [-0.3, -0.25) is 0 Å². The molecule has 2 atom stereocenters. The number of nitrogens with zero attached hydrogens (tertiary/aromatic N) is 1. The van der Waals surface area contributed by atoms with E-state index in [1.807, 2.05) is 4.90 Å². The molecule has 2 amide bonds. The maximum atomic E-state index is 11.5. The van der Waals surface area contributed by atoms with Gasteiger partial charge in [-0.15, -0.1) is 0 Å². The number of rotatable bonds is 1. The minimum atomic E-state index is 0.149. The van der Waals surface area contributed by atoms with E-state index in [0.717, 1.165) is 25.9 Å². The highest BCUT2D eigenvalue weighted by atomic mass is 16.2. The summed E-state index contributed by atoms with van der Waals surface area (Å²) in [6.07, 6.45) is 4.92. The number of carbonyl (C=O) groups is 1. The molecule has 14 heavy (non-hydrogen) atoms. The Balaban J connectivity index is 1.70. The van der Waals surface area contributed by atoms with Gasteiger partial charge in [-0.2, -0.15) is 0 Å². The standard InChI is InChI=1S/C10H17N3O/c14-10-11-3-4-13(10)9-5-7-1-2-8(6-9)12-7/h7-9,12H,1-6H2,(H,11,14). The molecule has 3 rings (SSSR count).